The molecular formula is C13H21F3N4. The molecule has 1 unspecified atom stereocenters. The predicted molar refractivity (Wildman–Crippen MR) is 69.5 cm³/mol. The lowest BCUT2D eigenvalue weighted by molar-refractivity contribution is -0.184. The first-order chi connectivity index (χ1) is 9.40. The standard InChI is InChI=1S/C13H21F3N4/c1-20-7-6-11(19-20)8-12(18-17)9-2-4-10(5-3-9)13(14,15)16/h6-7,9-10,12,18H,2-5,8,17H2,1H3. The Morgan fingerprint density at radius 1 is 1.40 bits per heavy atom. The number of aromatic nitrogens is 2. The minimum absolute atomic E-state index is 0.0147. The Labute approximate surface area is 116 Å². The zero-order valence-corrected chi connectivity index (χ0v) is 11.5. The van der Waals surface area contributed by atoms with Crippen molar-refractivity contribution in [3.63, 3.8) is 0 Å². The van der Waals surface area contributed by atoms with Gasteiger partial charge in [-0.05, 0) is 37.7 Å². The van der Waals surface area contributed by atoms with Gasteiger partial charge in [-0.2, -0.15) is 18.3 Å². The third-order valence-corrected chi connectivity index (χ3v) is 4.22. The highest BCUT2D eigenvalue weighted by atomic mass is 19.4. The van der Waals surface area contributed by atoms with Crippen molar-refractivity contribution >= 4 is 0 Å². The molecule has 0 bridgehead atoms. The number of hydrazine groups is 1. The number of halogens is 3. The lowest BCUT2D eigenvalue weighted by Gasteiger charge is -2.34. The number of aryl methyl sites for hydroxylation is 1. The summed E-state index contributed by atoms with van der Waals surface area (Å²) in [6.45, 7) is 0. The summed E-state index contributed by atoms with van der Waals surface area (Å²) in [4.78, 5) is 0. The molecule has 7 heteroatoms. The number of rotatable bonds is 4. The highest BCUT2D eigenvalue weighted by Gasteiger charge is 2.42. The van der Waals surface area contributed by atoms with E-state index in [1.54, 1.807) is 4.68 Å². The van der Waals surface area contributed by atoms with E-state index in [1.165, 1.54) is 0 Å². The van der Waals surface area contributed by atoms with Gasteiger partial charge in [0.15, 0.2) is 0 Å². The summed E-state index contributed by atoms with van der Waals surface area (Å²) in [6, 6.07) is 1.89. The largest absolute Gasteiger partial charge is 0.391 e. The molecular weight excluding hydrogens is 269 g/mol. The third-order valence-electron chi connectivity index (χ3n) is 4.22. The molecule has 1 atom stereocenters. The van der Waals surface area contributed by atoms with Crippen molar-refractivity contribution in [3.05, 3.63) is 18.0 Å². The zero-order chi connectivity index (χ0) is 14.8. The van der Waals surface area contributed by atoms with Crippen LogP contribution in [0.3, 0.4) is 0 Å². The molecule has 1 aliphatic carbocycles. The average molecular weight is 290 g/mol. The third kappa shape index (κ3) is 3.73. The van der Waals surface area contributed by atoms with Crippen LogP contribution in [0.1, 0.15) is 31.4 Å². The highest BCUT2D eigenvalue weighted by Crippen LogP contribution is 2.40. The van der Waals surface area contributed by atoms with Crippen LogP contribution in [0, 0.1) is 11.8 Å². The number of hydrogen-bond donors (Lipinski definition) is 2. The fraction of sp³-hybridized carbons (Fsp3) is 0.769. The fourth-order valence-corrected chi connectivity index (χ4v) is 3.01. The Kier molecular flexibility index (Phi) is 4.70. The van der Waals surface area contributed by atoms with Gasteiger partial charge in [0, 0.05) is 25.7 Å². The molecule has 0 aromatic carbocycles. The molecule has 1 heterocycles. The van der Waals surface area contributed by atoms with Crippen molar-refractivity contribution in [1.29, 1.82) is 0 Å². The van der Waals surface area contributed by atoms with Gasteiger partial charge < -0.3 is 0 Å². The molecule has 0 aliphatic heterocycles. The monoisotopic (exact) mass is 290 g/mol. The van der Waals surface area contributed by atoms with E-state index in [0.717, 1.165) is 5.69 Å². The minimum atomic E-state index is -4.06. The second-order valence-corrected chi connectivity index (χ2v) is 5.61. The molecule has 2 rings (SSSR count). The average Bonchev–Trinajstić information content (AvgIpc) is 2.81. The Hall–Kier alpha value is -1.08. The molecule has 0 amide bonds. The second-order valence-electron chi connectivity index (χ2n) is 5.61. The van der Waals surface area contributed by atoms with E-state index >= 15 is 0 Å². The number of nitrogens with two attached hydrogens (primary N) is 1. The molecule has 1 aliphatic rings. The van der Waals surface area contributed by atoms with E-state index in [0.29, 0.717) is 19.3 Å². The quantitative estimate of drug-likeness (QED) is 0.660. The Morgan fingerprint density at radius 2 is 2.05 bits per heavy atom. The van der Waals surface area contributed by atoms with Gasteiger partial charge >= 0.3 is 6.18 Å². The van der Waals surface area contributed by atoms with E-state index in [1.807, 2.05) is 19.3 Å². The van der Waals surface area contributed by atoms with E-state index in [9.17, 15) is 13.2 Å². The number of nitrogens with zero attached hydrogens (tertiary/aromatic N) is 2. The maximum atomic E-state index is 12.6. The van der Waals surface area contributed by atoms with Gasteiger partial charge in [-0.25, -0.2) is 0 Å². The number of nitrogens with one attached hydrogen (secondary N) is 1. The number of hydrogen-bond acceptors (Lipinski definition) is 3. The van der Waals surface area contributed by atoms with Crippen LogP contribution in [0.25, 0.3) is 0 Å². The maximum Gasteiger partial charge on any atom is 0.391 e. The van der Waals surface area contributed by atoms with Gasteiger partial charge in [0.25, 0.3) is 0 Å². The molecule has 1 aromatic rings. The first-order valence-electron chi connectivity index (χ1n) is 6.91. The summed E-state index contributed by atoms with van der Waals surface area (Å²) >= 11 is 0. The number of alkyl halides is 3. The highest BCUT2D eigenvalue weighted by molar-refractivity contribution is 5.02. The summed E-state index contributed by atoms with van der Waals surface area (Å²) in [5.41, 5.74) is 3.66. The van der Waals surface area contributed by atoms with Gasteiger partial charge in [0.2, 0.25) is 0 Å². The van der Waals surface area contributed by atoms with E-state index in [4.69, 9.17) is 5.84 Å². The molecule has 1 aromatic heterocycles. The fourth-order valence-electron chi connectivity index (χ4n) is 3.01. The van der Waals surface area contributed by atoms with Crippen molar-refractivity contribution in [2.45, 2.75) is 44.3 Å². The molecule has 20 heavy (non-hydrogen) atoms. The van der Waals surface area contributed by atoms with Crippen molar-refractivity contribution < 1.29 is 13.2 Å². The molecule has 0 radical (unpaired) electrons. The van der Waals surface area contributed by atoms with Crippen LogP contribution in [0.4, 0.5) is 13.2 Å². The molecule has 0 saturated heterocycles. The topological polar surface area (TPSA) is 55.9 Å². The van der Waals surface area contributed by atoms with Gasteiger partial charge in [0.1, 0.15) is 0 Å². The van der Waals surface area contributed by atoms with Gasteiger partial charge in [0.05, 0.1) is 11.6 Å². The molecule has 1 saturated carbocycles. The van der Waals surface area contributed by atoms with Crippen LogP contribution in [-0.4, -0.2) is 22.0 Å². The summed E-state index contributed by atoms with van der Waals surface area (Å²) in [5, 5.41) is 4.29. The lowest BCUT2D eigenvalue weighted by atomic mass is 9.77. The Morgan fingerprint density at radius 3 is 2.50 bits per heavy atom. The summed E-state index contributed by atoms with van der Waals surface area (Å²) in [7, 11) is 1.84. The van der Waals surface area contributed by atoms with E-state index in [2.05, 4.69) is 10.5 Å². The van der Waals surface area contributed by atoms with Crippen LogP contribution in [0.15, 0.2) is 12.3 Å². The minimum Gasteiger partial charge on any atom is -0.276 e. The van der Waals surface area contributed by atoms with Crippen molar-refractivity contribution in [3.8, 4) is 0 Å². The molecule has 3 N–H and O–H groups in total. The molecule has 1 fully saturated rings. The van der Waals surface area contributed by atoms with Crippen LogP contribution < -0.4 is 11.3 Å². The summed E-state index contributed by atoms with van der Waals surface area (Å²) in [5.74, 6) is 4.61. The molecule has 4 nitrogen and oxygen atoms in total. The SMILES string of the molecule is Cn1ccc(CC(NN)C2CCC(C(F)(F)F)CC2)n1. The van der Waals surface area contributed by atoms with Gasteiger partial charge in [-0.1, -0.05) is 0 Å². The smallest absolute Gasteiger partial charge is 0.276 e. The van der Waals surface area contributed by atoms with E-state index in [-0.39, 0.29) is 24.8 Å². The molecule has 0 spiro atoms. The van der Waals surface area contributed by atoms with Crippen LogP contribution in [0.5, 0.6) is 0 Å². The second kappa shape index (κ2) is 6.13. The van der Waals surface area contributed by atoms with Crippen molar-refractivity contribution in [2.75, 3.05) is 0 Å². The maximum absolute atomic E-state index is 12.6. The van der Waals surface area contributed by atoms with Gasteiger partial charge in [-0.15, -0.1) is 0 Å². The van der Waals surface area contributed by atoms with Crippen molar-refractivity contribution in [1.82, 2.24) is 15.2 Å². The predicted octanol–water partition coefficient (Wildman–Crippen LogP) is 2.16. The summed E-state index contributed by atoms with van der Waals surface area (Å²) < 4.78 is 39.7. The normalized spacial score (nSPS) is 25.6. The first-order valence-corrected chi connectivity index (χ1v) is 6.91. The zero-order valence-electron chi connectivity index (χ0n) is 11.5. The first kappa shape index (κ1) is 15.3. The van der Waals surface area contributed by atoms with Crippen molar-refractivity contribution in [2.24, 2.45) is 24.7 Å². The van der Waals surface area contributed by atoms with Crippen LogP contribution in [-0.2, 0) is 13.5 Å². The van der Waals surface area contributed by atoms with E-state index < -0.39 is 12.1 Å². The Bertz CT molecular complexity index is 421. The lowest BCUT2D eigenvalue weighted by Crippen LogP contribution is -2.44. The van der Waals surface area contributed by atoms with Gasteiger partial charge in [-0.3, -0.25) is 16.0 Å². The summed E-state index contributed by atoms with van der Waals surface area (Å²) in [6.07, 6.45) is -0.0271. The van der Waals surface area contributed by atoms with Crippen LogP contribution >= 0.6 is 0 Å². The van der Waals surface area contributed by atoms with Crippen LogP contribution in [0.2, 0.25) is 0 Å². The Balaban J connectivity index is 1.90. The molecule has 114 valence electrons.